The molecule has 0 aromatic heterocycles. The lowest BCUT2D eigenvalue weighted by molar-refractivity contribution is -0.152. The number of rotatable bonds is 29. The zero-order valence-corrected chi connectivity index (χ0v) is 29.3. The van der Waals surface area contributed by atoms with Crippen molar-refractivity contribution >= 4 is 17.7 Å². The third-order valence-electron chi connectivity index (χ3n) is 8.55. The van der Waals surface area contributed by atoms with Crippen LogP contribution in [0.5, 0.6) is 0 Å². The summed E-state index contributed by atoms with van der Waals surface area (Å²) in [6.07, 6.45) is 29.7. The number of unbranched alkanes of at least 4 members (excludes halogenated alkanes) is 12. The summed E-state index contributed by atoms with van der Waals surface area (Å²) in [4.78, 5) is 36.2. The second kappa shape index (κ2) is 27.8. The van der Waals surface area contributed by atoms with Crippen LogP contribution in [0.3, 0.4) is 0 Å². The molecule has 0 radical (unpaired) electrons. The van der Waals surface area contributed by atoms with Gasteiger partial charge in [0.25, 0.3) is 0 Å². The Morgan fingerprint density at radius 1 is 0.783 bits per heavy atom. The van der Waals surface area contributed by atoms with Gasteiger partial charge in [-0.25, -0.2) is 0 Å². The molecule has 0 unspecified atom stereocenters. The average molecular weight is 647 g/mol. The van der Waals surface area contributed by atoms with Gasteiger partial charge in [-0.15, -0.1) is 0 Å². The molecule has 1 aliphatic rings. The molecule has 0 saturated carbocycles. The van der Waals surface area contributed by atoms with Crippen molar-refractivity contribution in [3.8, 4) is 0 Å². The zero-order valence-electron chi connectivity index (χ0n) is 29.3. The number of ketones is 1. The maximum Gasteiger partial charge on any atom is 0.305 e. The first-order valence-corrected chi connectivity index (χ1v) is 18.5. The van der Waals surface area contributed by atoms with Crippen LogP contribution < -0.4 is 0 Å². The maximum absolute atomic E-state index is 12.2. The van der Waals surface area contributed by atoms with Crippen LogP contribution in [0, 0.1) is 17.8 Å². The molecule has 0 saturated heterocycles. The largest absolute Gasteiger partial charge is 0.463 e. The van der Waals surface area contributed by atoms with Gasteiger partial charge in [-0.1, -0.05) is 135 Å². The zero-order chi connectivity index (χ0) is 33.8. The number of ether oxygens (including phenoxy) is 2. The van der Waals surface area contributed by atoms with Gasteiger partial charge in [0.15, 0.2) is 5.78 Å². The van der Waals surface area contributed by atoms with Crippen molar-refractivity contribution in [3.05, 3.63) is 36.5 Å². The summed E-state index contributed by atoms with van der Waals surface area (Å²) in [7, 11) is 0. The Labute approximate surface area is 280 Å². The van der Waals surface area contributed by atoms with Crippen molar-refractivity contribution in [1.82, 2.24) is 0 Å². The second-order valence-electron chi connectivity index (χ2n) is 13.5. The standard InChI is InChI=1S/C39H66O7/c1-4-5-16-23-34(40)27-28-36-33(26-29-37(36)42)22-18-14-15-20-25-39(44)46-31-35(41)30-45-38(43)24-19-13-11-9-7-6-8-10-12-17-21-32(2)3/h14,18,26-29,32-36,40-41H,4-13,15-17,19-25,30-31H2,1-3H3/b18-14-,28-27+/t33-,34-,35-,36+/m0/s1. The van der Waals surface area contributed by atoms with E-state index in [4.69, 9.17) is 9.47 Å². The smallest absolute Gasteiger partial charge is 0.305 e. The van der Waals surface area contributed by atoms with E-state index in [9.17, 15) is 24.6 Å². The number of hydrogen-bond acceptors (Lipinski definition) is 7. The summed E-state index contributed by atoms with van der Waals surface area (Å²) in [6, 6.07) is 0. The molecule has 0 bridgehead atoms. The molecule has 1 rings (SSSR count). The van der Waals surface area contributed by atoms with Gasteiger partial charge >= 0.3 is 11.9 Å². The van der Waals surface area contributed by atoms with E-state index >= 15 is 0 Å². The fourth-order valence-electron chi connectivity index (χ4n) is 5.61. The van der Waals surface area contributed by atoms with Gasteiger partial charge in [0.2, 0.25) is 0 Å². The summed E-state index contributed by atoms with van der Waals surface area (Å²) in [5, 5.41) is 20.1. The predicted octanol–water partition coefficient (Wildman–Crippen LogP) is 8.76. The van der Waals surface area contributed by atoms with E-state index in [1.165, 1.54) is 51.4 Å². The van der Waals surface area contributed by atoms with E-state index in [2.05, 4.69) is 20.8 Å². The summed E-state index contributed by atoms with van der Waals surface area (Å²) >= 11 is 0. The fourth-order valence-corrected chi connectivity index (χ4v) is 5.61. The summed E-state index contributed by atoms with van der Waals surface area (Å²) in [5.41, 5.74) is 0. The molecule has 0 heterocycles. The molecule has 7 nitrogen and oxygen atoms in total. The van der Waals surface area contributed by atoms with Gasteiger partial charge in [0.1, 0.15) is 19.3 Å². The molecule has 0 amide bonds. The van der Waals surface area contributed by atoms with Crippen LogP contribution >= 0.6 is 0 Å². The third kappa shape index (κ3) is 23.1. The van der Waals surface area contributed by atoms with Crippen molar-refractivity contribution in [2.45, 2.75) is 161 Å². The summed E-state index contributed by atoms with van der Waals surface area (Å²) in [5.74, 6) is 0.0242. The topological polar surface area (TPSA) is 110 Å². The molecule has 1 aliphatic carbocycles. The van der Waals surface area contributed by atoms with Crippen molar-refractivity contribution in [2.24, 2.45) is 17.8 Å². The number of aliphatic hydroxyl groups is 2. The van der Waals surface area contributed by atoms with Gasteiger partial charge in [-0.2, -0.15) is 0 Å². The minimum atomic E-state index is -1.03. The SMILES string of the molecule is CCCCC[C@H](O)/C=C/[C@H]1C(=O)C=C[C@@H]1C/C=C\CCCC(=O)OC[C@@H](O)COC(=O)CCCCCCCCCCCCC(C)C. The Hall–Kier alpha value is -2.25. The van der Waals surface area contributed by atoms with Gasteiger partial charge in [-0.05, 0) is 50.0 Å². The highest BCUT2D eigenvalue weighted by Crippen LogP contribution is 2.27. The number of carbonyl (C=O) groups excluding carboxylic acids is 3. The third-order valence-corrected chi connectivity index (χ3v) is 8.55. The van der Waals surface area contributed by atoms with E-state index in [0.29, 0.717) is 19.3 Å². The van der Waals surface area contributed by atoms with Crippen LogP contribution in [0.2, 0.25) is 0 Å². The Kier molecular flexibility index (Phi) is 25.3. The number of esters is 2. The van der Waals surface area contributed by atoms with E-state index in [0.717, 1.165) is 57.3 Å². The van der Waals surface area contributed by atoms with Gasteiger partial charge in [-0.3, -0.25) is 14.4 Å². The average Bonchev–Trinajstić information content (AvgIpc) is 3.38. The fraction of sp³-hybridized carbons (Fsp3) is 0.769. The van der Waals surface area contributed by atoms with Crippen molar-refractivity contribution < 1.29 is 34.1 Å². The van der Waals surface area contributed by atoms with Crippen LogP contribution in [0.15, 0.2) is 36.5 Å². The van der Waals surface area contributed by atoms with Gasteiger partial charge in [0.05, 0.1) is 6.10 Å². The highest BCUT2D eigenvalue weighted by Gasteiger charge is 2.26. The van der Waals surface area contributed by atoms with Crippen molar-refractivity contribution in [2.75, 3.05) is 13.2 Å². The minimum Gasteiger partial charge on any atom is -0.463 e. The minimum absolute atomic E-state index is 0.0736. The lowest BCUT2D eigenvalue weighted by Gasteiger charge is -2.13. The van der Waals surface area contributed by atoms with Crippen LogP contribution in [0.25, 0.3) is 0 Å². The maximum atomic E-state index is 12.2. The summed E-state index contributed by atoms with van der Waals surface area (Å²) < 4.78 is 10.3. The molecule has 46 heavy (non-hydrogen) atoms. The molecule has 0 aromatic carbocycles. The van der Waals surface area contributed by atoms with E-state index in [1.807, 2.05) is 24.3 Å². The van der Waals surface area contributed by atoms with E-state index in [-0.39, 0.29) is 43.2 Å². The summed E-state index contributed by atoms with van der Waals surface area (Å²) in [6.45, 7) is 6.34. The molecule has 7 heteroatoms. The molecular weight excluding hydrogens is 580 g/mol. The van der Waals surface area contributed by atoms with Gasteiger partial charge < -0.3 is 19.7 Å². The first-order valence-electron chi connectivity index (χ1n) is 18.5. The Morgan fingerprint density at radius 2 is 1.35 bits per heavy atom. The first kappa shape index (κ1) is 41.8. The lowest BCUT2D eigenvalue weighted by atomic mass is 9.90. The van der Waals surface area contributed by atoms with Crippen LogP contribution in [-0.4, -0.2) is 53.4 Å². The lowest BCUT2D eigenvalue weighted by Crippen LogP contribution is -2.25. The molecule has 4 atom stereocenters. The van der Waals surface area contributed by atoms with Crippen LogP contribution in [0.4, 0.5) is 0 Å². The van der Waals surface area contributed by atoms with Crippen LogP contribution in [0.1, 0.15) is 149 Å². The molecule has 0 fully saturated rings. The number of allylic oxidation sites excluding steroid dienone is 5. The molecule has 0 spiro atoms. The highest BCUT2D eigenvalue weighted by molar-refractivity contribution is 5.95. The number of aliphatic hydroxyl groups excluding tert-OH is 2. The van der Waals surface area contributed by atoms with Gasteiger partial charge in [0, 0.05) is 18.8 Å². The van der Waals surface area contributed by atoms with Crippen molar-refractivity contribution in [3.63, 3.8) is 0 Å². The molecule has 0 aromatic rings. The Bertz CT molecular complexity index is 891. The monoisotopic (exact) mass is 646 g/mol. The molecule has 0 aliphatic heterocycles. The first-order chi connectivity index (χ1) is 22.2. The highest BCUT2D eigenvalue weighted by atomic mass is 16.6. The Morgan fingerprint density at radius 3 is 1.96 bits per heavy atom. The van der Waals surface area contributed by atoms with Crippen LogP contribution in [-0.2, 0) is 23.9 Å². The van der Waals surface area contributed by atoms with E-state index < -0.39 is 18.2 Å². The molecule has 2 N–H and O–H groups in total. The predicted molar refractivity (Wildman–Crippen MR) is 186 cm³/mol. The van der Waals surface area contributed by atoms with Crippen molar-refractivity contribution in [1.29, 1.82) is 0 Å². The second-order valence-corrected chi connectivity index (χ2v) is 13.5. The molecule has 264 valence electrons. The number of carbonyl (C=O) groups is 3. The Balaban J connectivity index is 2.03. The van der Waals surface area contributed by atoms with E-state index in [1.54, 1.807) is 12.2 Å². The number of hydrogen-bond donors (Lipinski definition) is 2. The normalized spacial score (nSPS) is 17.8. The molecular formula is C39H66O7. The quantitative estimate of drug-likeness (QED) is 0.0475.